The van der Waals surface area contributed by atoms with Crippen molar-refractivity contribution in [2.75, 3.05) is 7.11 Å². The minimum Gasteiger partial charge on any atom is -0.489 e. The van der Waals surface area contributed by atoms with E-state index in [1.54, 1.807) is 55.5 Å². The minimum absolute atomic E-state index is 0.0373. The summed E-state index contributed by atoms with van der Waals surface area (Å²) in [6.07, 6.45) is -1.03. The van der Waals surface area contributed by atoms with Crippen LogP contribution in [-0.4, -0.2) is 19.2 Å². The first-order valence-corrected chi connectivity index (χ1v) is 9.33. The van der Waals surface area contributed by atoms with Gasteiger partial charge in [-0.3, -0.25) is 0 Å². The van der Waals surface area contributed by atoms with Crippen molar-refractivity contribution in [3.05, 3.63) is 93.3 Å². The van der Waals surface area contributed by atoms with Crippen molar-refractivity contribution in [1.29, 1.82) is 0 Å². The Labute approximate surface area is 171 Å². The Kier molecular flexibility index (Phi) is 5.27. The van der Waals surface area contributed by atoms with Crippen LogP contribution in [-0.2, 0) is 16.1 Å². The maximum Gasteiger partial charge on any atom is 0.348 e. The number of carbonyl (C=O) groups excluding carboxylic acids is 1. The second-order valence-corrected chi connectivity index (χ2v) is 6.91. The van der Waals surface area contributed by atoms with E-state index in [9.17, 15) is 14.0 Å². The largest absolute Gasteiger partial charge is 0.489 e. The van der Waals surface area contributed by atoms with E-state index in [0.717, 1.165) is 0 Å². The Morgan fingerprint density at radius 2 is 1.93 bits per heavy atom. The third-order valence-corrected chi connectivity index (χ3v) is 4.94. The lowest BCUT2D eigenvalue weighted by molar-refractivity contribution is -0.148. The fraction of sp³-hybridized carbons (Fsp3) is 0.217. The van der Waals surface area contributed by atoms with Gasteiger partial charge in [-0.2, -0.15) is 0 Å². The number of halogens is 1. The topological polar surface area (TPSA) is 75.0 Å². The number of ether oxygens (including phenoxy) is 3. The molecule has 0 amide bonds. The lowest BCUT2D eigenvalue weighted by atomic mass is 9.89. The van der Waals surface area contributed by atoms with E-state index in [0.29, 0.717) is 28.4 Å². The lowest BCUT2D eigenvalue weighted by Gasteiger charge is -2.17. The fourth-order valence-electron chi connectivity index (χ4n) is 3.54. The summed E-state index contributed by atoms with van der Waals surface area (Å²) in [5, 5.41) is 0. The standard InChI is InChI=1S/C23H19FO6/c1-13-10-18-20(22(25)29-13)19(21(30-18)23(26)27-2)14-7-5-8-16(11-14)28-12-15-6-3-4-9-17(15)24/h3-11,19,21H,12H2,1-2H3/t19-,21+/m1/s1. The van der Waals surface area contributed by atoms with Crippen LogP contribution in [0.1, 0.15) is 28.4 Å². The molecule has 7 heteroatoms. The van der Waals surface area contributed by atoms with Crippen LogP contribution >= 0.6 is 0 Å². The number of esters is 1. The Bertz CT molecular complexity index is 1150. The summed E-state index contributed by atoms with van der Waals surface area (Å²) >= 11 is 0. The number of benzene rings is 2. The molecule has 1 aliphatic heterocycles. The van der Waals surface area contributed by atoms with Crippen LogP contribution in [0.5, 0.6) is 11.5 Å². The van der Waals surface area contributed by atoms with Gasteiger partial charge >= 0.3 is 11.6 Å². The number of methoxy groups -OCH3 is 1. The van der Waals surface area contributed by atoms with Gasteiger partial charge < -0.3 is 18.6 Å². The Balaban J connectivity index is 1.68. The molecule has 0 saturated heterocycles. The third kappa shape index (κ3) is 3.66. The lowest BCUT2D eigenvalue weighted by Crippen LogP contribution is -2.31. The maximum atomic E-state index is 13.8. The molecule has 154 valence electrons. The number of carbonyl (C=O) groups is 1. The van der Waals surface area contributed by atoms with Gasteiger partial charge in [0.2, 0.25) is 6.10 Å². The second-order valence-electron chi connectivity index (χ2n) is 6.91. The van der Waals surface area contributed by atoms with E-state index < -0.39 is 23.6 Å². The SMILES string of the molecule is COC(=O)[C@H]1Oc2cc(C)oc(=O)c2[C@H]1c1cccc(OCc2ccccc2F)c1. The molecule has 0 bridgehead atoms. The minimum atomic E-state index is -1.03. The molecule has 1 aromatic heterocycles. The Morgan fingerprint density at radius 3 is 2.70 bits per heavy atom. The monoisotopic (exact) mass is 410 g/mol. The van der Waals surface area contributed by atoms with E-state index >= 15 is 0 Å². The average molecular weight is 410 g/mol. The van der Waals surface area contributed by atoms with E-state index in [2.05, 4.69) is 0 Å². The van der Waals surface area contributed by atoms with Gasteiger partial charge in [-0.15, -0.1) is 0 Å². The van der Waals surface area contributed by atoms with Gasteiger partial charge in [0.1, 0.15) is 29.7 Å². The highest BCUT2D eigenvalue weighted by molar-refractivity contribution is 5.79. The normalized spacial score (nSPS) is 17.2. The van der Waals surface area contributed by atoms with Crippen LogP contribution in [0.3, 0.4) is 0 Å². The molecule has 0 saturated carbocycles. The van der Waals surface area contributed by atoms with Crippen molar-refractivity contribution in [3.63, 3.8) is 0 Å². The van der Waals surface area contributed by atoms with Crippen molar-refractivity contribution in [3.8, 4) is 11.5 Å². The highest BCUT2D eigenvalue weighted by Gasteiger charge is 2.44. The highest BCUT2D eigenvalue weighted by Crippen LogP contribution is 2.42. The first-order chi connectivity index (χ1) is 14.5. The van der Waals surface area contributed by atoms with Gasteiger partial charge in [0.15, 0.2) is 0 Å². The van der Waals surface area contributed by atoms with Crippen LogP contribution in [0, 0.1) is 12.7 Å². The van der Waals surface area contributed by atoms with Crippen molar-refractivity contribution in [2.45, 2.75) is 25.6 Å². The summed E-state index contributed by atoms with van der Waals surface area (Å²) in [6, 6.07) is 14.8. The van der Waals surface area contributed by atoms with Crippen LogP contribution in [0.2, 0.25) is 0 Å². The van der Waals surface area contributed by atoms with Crippen LogP contribution in [0.15, 0.2) is 63.8 Å². The van der Waals surface area contributed by atoms with Gasteiger partial charge in [0.25, 0.3) is 0 Å². The molecule has 2 heterocycles. The molecule has 0 aliphatic carbocycles. The molecule has 2 atom stereocenters. The molecule has 2 aromatic carbocycles. The number of aryl methyl sites for hydroxylation is 1. The molecule has 0 radical (unpaired) electrons. The van der Waals surface area contributed by atoms with Crippen molar-refractivity contribution < 1.29 is 27.8 Å². The molecular weight excluding hydrogens is 391 g/mol. The van der Waals surface area contributed by atoms with Crippen LogP contribution in [0.25, 0.3) is 0 Å². The first kappa shape index (κ1) is 19.7. The van der Waals surface area contributed by atoms with Crippen molar-refractivity contribution in [1.82, 2.24) is 0 Å². The molecule has 1 aliphatic rings. The molecule has 6 nitrogen and oxygen atoms in total. The van der Waals surface area contributed by atoms with Gasteiger partial charge in [0.05, 0.1) is 18.6 Å². The molecule has 0 spiro atoms. The summed E-state index contributed by atoms with van der Waals surface area (Å²) in [5.74, 6) is -0.547. The maximum absolute atomic E-state index is 13.8. The third-order valence-electron chi connectivity index (χ3n) is 4.94. The smallest absolute Gasteiger partial charge is 0.348 e. The molecular formula is C23H19FO6. The second kappa shape index (κ2) is 8.02. The van der Waals surface area contributed by atoms with E-state index in [-0.39, 0.29) is 18.0 Å². The summed E-state index contributed by atoms with van der Waals surface area (Å²) in [5.41, 5.74) is 0.716. The Morgan fingerprint density at radius 1 is 1.13 bits per heavy atom. The Hall–Kier alpha value is -3.61. The zero-order valence-corrected chi connectivity index (χ0v) is 16.4. The summed E-state index contributed by atoms with van der Waals surface area (Å²) < 4.78 is 35.4. The van der Waals surface area contributed by atoms with Crippen molar-refractivity contribution >= 4 is 5.97 Å². The first-order valence-electron chi connectivity index (χ1n) is 9.33. The van der Waals surface area contributed by atoms with Crippen LogP contribution in [0.4, 0.5) is 4.39 Å². The summed E-state index contributed by atoms with van der Waals surface area (Å²) in [7, 11) is 1.26. The molecule has 3 aromatic rings. The molecule has 4 rings (SSSR count). The van der Waals surface area contributed by atoms with E-state index in [4.69, 9.17) is 18.6 Å². The van der Waals surface area contributed by atoms with Gasteiger partial charge in [-0.25, -0.2) is 14.0 Å². The number of hydrogen-bond donors (Lipinski definition) is 0. The van der Waals surface area contributed by atoms with Gasteiger partial charge in [0, 0.05) is 11.6 Å². The predicted octanol–water partition coefficient (Wildman–Crippen LogP) is 3.73. The average Bonchev–Trinajstić information content (AvgIpc) is 3.12. The van der Waals surface area contributed by atoms with E-state index in [1.807, 2.05) is 0 Å². The molecule has 0 fully saturated rings. The zero-order chi connectivity index (χ0) is 21.3. The quantitative estimate of drug-likeness (QED) is 0.597. The summed E-state index contributed by atoms with van der Waals surface area (Å²) in [4.78, 5) is 24.9. The predicted molar refractivity (Wildman–Crippen MR) is 105 cm³/mol. The van der Waals surface area contributed by atoms with Crippen molar-refractivity contribution in [2.24, 2.45) is 0 Å². The highest BCUT2D eigenvalue weighted by atomic mass is 19.1. The van der Waals surface area contributed by atoms with Gasteiger partial charge in [-0.1, -0.05) is 30.3 Å². The van der Waals surface area contributed by atoms with Gasteiger partial charge in [-0.05, 0) is 30.7 Å². The summed E-state index contributed by atoms with van der Waals surface area (Å²) in [6.45, 7) is 1.67. The van der Waals surface area contributed by atoms with E-state index in [1.165, 1.54) is 13.2 Å². The number of fused-ring (bicyclic) bond motifs is 1. The fourth-order valence-corrected chi connectivity index (χ4v) is 3.54. The number of hydrogen-bond acceptors (Lipinski definition) is 6. The molecule has 0 unspecified atom stereocenters. The zero-order valence-electron chi connectivity index (χ0n) is 16.4. The number of rotatable bonds is 5. The molecule has 0 N–H and O–H groups in total. The van der Waals surface area contributed by atoms with Crippen LogP contribution < -0.4 is 15.1 Å². The molecule has 30 heavy (non-hydrogen) atoms.